The zero-order valence-electron chi connectivity index (χ0n) is 9.44. The van der Waals surface area contributed by atoms with Crippen molar-refractivity contribution in [1.29, 1.82) is 0 Å². The maximum absolute atomic E-state index is 11.3. The van der Waals surface area contributed by atoms with Crippen LogP contribution >= 0.6 is 0 Å². The second kappa shape index (κ2) is 6.27. The average molecular weight is 226 g/mol. The Morgan fingerprint density at radius 3 is 3.06 bits per heavy atom. The van der Waals surface area contributed by atoms with E-state index in [9.17, 15) is 9.59 Å². The number of rotatable bonds is 5. The molecule has 0 radical (unpaired) electrons. The lowest BCUT2D eigenvalue weighted by molar-refractivity contribution is -0.137. The van der Waals surface area contributed by atoms with E-state index in [2.05, 4.69) is 5.32 Å². The summed E-state index contributed by atoms with van der Waals surface area (Å²) in [6.45, 7) is 2.82. The van der Waals surface area contributed by atoms with Crippen LogP contribution in [0.15, 0.2) is 12.2 Å². The van der Waals surface area contributed by atoms with E-state index >= 15 is 0 Å². The minimum atomic E-state index is -0.395. The average Bonchev–Trinajstić information content (AvgIpc) is 2.62. The first-order valence-corrected chi connectivity index (χ1v) is 5.51. The zero-order valence-corrected chi connectivity index (χ0v) is 9.44. The van der Waals surface area contributed by atoms with Gasteiger partial charge in [0.1, 0.15) is 0 Å². The van der Waals surface area contributed by atoms with Crippen molar-refractivity contribution >= 4 is 11.9 Å². The van der Waals surface area contributed by atoms with Crippen LogP contribution in [-0.2, 0) is 14.3 Å². The minimum Gasteiger partial charge on any atom is -0.463 e. The monoisotopic (exact) mass is 226 g/mol. The Hall–Kier alpha value is -1.36. The van der Waals surface area contributed by atoms with Gasteiger partial charge in [0.25, 0.3) is 0 Å². The summed E-state index contributed by atoms with van der Waals surface area (Å²) in [7, 11) is 0. The van der Waals surface area contributed by atoms with Gasteiger partial charge in [-0.1, -0.05) is 6.08 Å². The molecule has 1 fully saturated rings. The maximum Gasteiger partial charge on any atom is 0.330 e. The van der Waals surface area contributed by atoms with Crippen LogP contribution in [-0.4, -0.2) is 31.1 Å². The number of carbonyl (C=O) groups is 2. The molecule has 0 aromatic rings. The van der Waals surface area contributed by atoms with Crippen molar-refractivity contribution in [3.63, 3.8) is 0 Å². The van der Waals surface area contributed by atoms with Crippen molar-refractivity contribution in [2.45, 2.75) is 25.8 Å². The number of hydrogen-bond acceptors (Lipinski definition) is 4. The number of hydrogen-bond donors (Lipinski definition) is 2. The van der Waals surface area contributed by atoms with E-state index in [4.69, 9.17) is 10.5 Å². The third kappa shape index (κ3) is 4.02. The molecule has 1 amide bonds. The van der Waals surface area contributed by atoms with Gasteiger partial charge in [0.05, 0.1) is 6.61 Å². The highest BCUT2D eigenvalue weighted by Gasteiger charge is 2.25. The Balaban J connectivity index is 2.32. The second-order valence-electron chi connectivity index (χ2n) is 3.79. The summed E-state index contributed by atoms with van der Waals surface area (Å²) in [6.07, 6.45) is 4.30. The summed E-state index contributed by atoms with van der Waals surface area (Å²) in [5.41, 5.74) is 5.79. The molecule has 2 atom stereocenters. The molecule has 3 N–H and O–H groups in total. The molecule has 1 aliphatic heterocycles. The molecule has 5 nitrogen and oxygen atoms in total. The Labute approximate surface area is 95.0 Å². The number of nitrogens with two attached hydrogens (primary N) is 1. The minimum absolute atomic E-state index is 0.0261. The summed E-state index contributed by atoms with van der Waals surface area (Å²) in [5.74, 6) is -0.365. The molecule has 0 aromatic heterocycles. The van der Waals surface area contributed by atoms with Gasteiger partial charge >= 0.3 is 5.97 Å². The number of nitrogens with one attached hydrogen (secondary N) is 1. The fraction of sp³-hybridized carbons (Fsp3) is 0.636. The molecule has 0 bridgehead atoms. The van der Waals surface area contributed by atoms with Crippen LogP contribution < -0.4 is 11.1 Å². The van der Waals surface area contributed by atoms with Crippen LogP contribution in [0.5, 0.6) is 0 Å². The Bertz CT molecular complexity index is 289. The Morgan fingerprint density at radius 2 is 2.50 bits per heavy atom. The summed E-state index contributed by atoms with van der Waals surface area (Å²) in [6, 6.07) is -0.279. The van der Waals surface area contributed by atoms with E-state index in [1.807, 2.05) is 0 Å². The zero-order chi connectivity index (χ0) is 12.0. The van der Waals surface area contributed by atoms with E-state index in [1.165, 1.54) is 6.08 Å². The Morgan fingerprint density at radius 1 is 1.75 bits per heavy atom. The highest BCUT2D eigenvalue weighted by atomic mass is 16.5. The number of carbonyl (C=O) groups excluding carboxylic acids is 2. The van der Waals surface area contributed by atoms with Crippen molar-refractivity contribution in [3.8, 4) is 0 Å². The molecule has 1 heterocycles. The van der Waals surface area contributed by atoms with Crippen LogP contribution in [0.3, 0.4) is 0 Å². The van der Waals surface area contributed by atoms with Gasteiger partial charge in [0.15, 0.2) is 0 Å². The first-order chi connectivity index (χ1) is 7.63. The molecule has 16 heavy (non-hydrogen) atoms. The third-order valence-electron chi connectivity index (χ3n) is 2.49. The summed E-state index contributed by atoms with van der Waals surface area (Å²) in [4.78, 5) is 22.3. The quantitative estimate of drug-likeness (QED) is 0.509. The second-order valence-corrected chi connectivity index (χ2v) is 3.79. The van der Waals surface area contributed by atoms with Crippen molar-refractivity contribution in [2.24, 2.45) is 11.7 Å². The van der Waals surface area contributed by atoms with Crippen LogP contribution in [0.25, 0.3) is 0 Å². The maximum atomic E-state index is 11.3. The molecule has 0 saturated carbocycles. The predicted molar refractivity (Wildman–Crippen MR) is 59.5 cm³/mol. The van der Waals surface area contributed by atoms with Crippen molar-refractivity contribution in [2.75, 3.05) is 13.2 Å². The number of esters is 1. The Kier molecular flexibility index (Phi) is 4.98. The molecule has 0 spiro atoms. The van der Waals surface area contributed by atoms with Crippen LogP contribution in [0.2, 0.25) is 0 Å². The first-order valence-electron chi connectivity index (χ1n) is 5.51. The SMILES string of the molecule is CCOC(=O)/C=C/[C@@H](N)C[C@@H]1CCNC1=O. The number of amides is 1. The number of ether oxygens (including phenoxy) is 1. The van der Waals surface area contributed by atoms with E-state index in [0.717, 1.165) is 13.0 Å². The molecule has 5 heteroatoms. The fourth-order valence-corrected chi connectivity index (χ4v) is 1.67. The topological polar surface area (TPSA) is 81.4 Å². The highest BCUT2D eigenvalue weighted by molar-refractivity contribution is 5.82. The lowest BCUT2D eigenvalue weighted by Crippen LogP contribution is -2.26. The van der Waals surface area contributed by atoms with Gasteiger partial charge in [-0.15, -0.1) is 0 Å². The van der Waals surface area contributed by atoms with Gasteiger partial charge in [-0.3, -0.25) is 4.79 Å². The molecule has 0 aliphatic carbocycles. The van der Waals surface area contributed by atoms with E-state index in [-0.39, 0.29) is 17.9 Å². The molecule has 0 unspecified atom stereocenters. The van der Waals surface area contributed by atoms with E-state index < -0.39 is 5.97 Å². The van der Waals surface area contributed by atoms with Gasteiger partial charge in [-0.25, -0.2) is 4.79 Å². The highest BCUT2D eigenvalue weighted by Crippen LogP contribution is 2.15. The smallest absolute Gasteiger partial charge is 0.330 e. The van der Waals surface area contributed by atoms with E-state index in [1.54, 1.807) is 13.0 Å². The van der Waals surface area contributed by atoms with Crippen LogP contribution in [0.4, 0.5) is 0 Å². The van der Waals surface area contributed by atoms with Crippen molar-refractivity contribution < 1.29 is 14.3 Å². The van der Waals surface area contributed by atoms with Gasteiger partial charge in [-0.05, 0) is 19.8 Å². The molecule has 1 rings (SSSR count). The fourth-order valence-electron chi connectivity index (χ4n) is 1.67. The van der Waals surface area contributed by atoms with Gasteiger partial charge in [0.2, 0.25) is 5.91 Å². The molecule has 1 saturated heterocycles. The van der Waals surface area contributed by atoms with Gasteiger partial charge < -0.3 is 15.8 Å². The van der Waals surface area contributed by atoms with E-state index in [0.29, 0.717) is 13.0 Å². The molecule has 90 valence electrons. The first kappa shape index (κ1) is 12.7. The molecular formula is C11H18N2O3. The van der Waals surface area contributed by atoms with Crippen LogP contribution in [0, 0.1) is 5.92 Å². The third-order valence-corrected chi connectivity index (χ3v) is 2.49. The van der Waals surface area contributed by atoms with Gasteiger partial charge in [-0.2, -0.15) is 0 Å². The van der Waals surface area contributed by atoms with Crippen molar-refractivity contribution in [1.82, 2.24) is 5.32 Å². The predicted octanol–water partition coefficient (Wildman–Crippen LogP) is -0.0408. The summed E-state index contributed by atoms with van der Waals surface area (Å²) < 4.78 is 4.72. The van der Waals surface area contributed by atoms with Gasteiger partial charge in [0, 0.05) is 24.6 Å². The largest absolute Gasteiger partial charge is 0.463 e. The normalized spacial score (nSPS) is 22.1. The molecular weight excluding hydrogens is 208 g/mol. The summed E-state index contributed by atoms with van der Waals surface area (Å²) in [5, 5.41) is 2.75. The van der Waals surface area contributed by atoms with Crippen molar-refractivity contribution in [3.05, 3.63) is 12.2 Å². The van der Waals surface area contributed by atoms with Crippen LogP contribution in [0.1, 0.15) is 19.8 Å². The lowest BCUT2D eigenvalue weighted by atomic mass is 9.99. The molecule has 1 aliphatic rings. The molecule has 0 aromatic carbocycles. The standard InChI is InChI=1S/C11H18N2O3/c1-2-16-10(14)4-3-9(12)7-8-5-6-13-11(8)15/h3-4,8-9H,2,5-7,12H2,1H3,(H,13,15)/b4-3+/t8-,9+/m0/s1. The summed E-state index contributed by atoms with van der Waals surface area (Å²) >= 11 is 0. The lowest BCUT2D eigenvalue weighted by Gasteiger charge is -2.10.